The molecule has 0 radical (unpaired) electrons. The smallest absolute Gasteiger partial charge is 0.329 e. The SMILES string of the molecule is CCOCCOC(=O)C(C)n1cnc2scc(-c3cccc4ccccc34)c2c1=O. The van der Waals surface area contributed by atoms with E-state index in [1.807, 2.05) is 54.8 Å². The number of aromatic nitrogens is 2. The zero-order valence-corrected chi connectivity index (χ0v) is 17.6. The first-order valence-electron chi connectivity index (χ1n) is 9.82. The summed E-state index contributed by atoms with van der Waals surface area (Å²) < 4.78 is 11.8. The summed E-state index contributed by atoms with van der Waals surface area (Å²) in [5.41, 5.74) is 1.55. The van der Waals surface area contributed by atoms with Crippen LogP contribution < -0.4 is 5.56 Å². The van der Waals surface area contributed by atoms with Crippen molar-refractivity contribution >= 4 is 38.3 Å². The van der Waals surface area contributed by atoms with E-state index >= 15 is 0 Å². The van der Waals surface area contributed by atoms with Crippen molar-refractivity contribution < 1.29 is 14.3 Å². The number of carbonyl (C=O) groups excluding carboxylic acids is 1. The van der Waals surface area contributed by atoms with Crippen LogP contribution in [0.1, 0.15) is 19.9 Å². The van der Waals surface area contributed by atoms with Crippen LogP contribution in [0.25, 0.3) is 32.1 Å². The molecule has 0 amide bonds. The van der Waals surface area contributed by atoms with E-state index in [-0.39, 0.29) is 12.2 Å². The van der Waals surface area contributed by atoms with Gasteiger partial charge in [0.05, 0.1) is 18.3 Å². The molecule has 4 rings (SSSR count). The first-order chi connectivity index (χ1) is 14.6. The van der Waals surface area contributed by atoms with Crippen LogP contribution >= 0.6 is 11.3 Å². The zero-order valence-electron chi connectivity index (χ0n) is 16.8. The standard InChI is InChI=1S/C23H22N2O4S/c1-3-28-11-12-29-23(27)15(2)25-14-24-21-20(22(25)26)19(13-30-21)18-10-6-8-16-7-4-5-9-17(16)18/h4-10,13-15H,3,11-12H2,1-2H3. The summed E-state index contributed by atoms with van der Waals surface area (Å²) in [5.74, 6) is -0.486. The minimum absolute atomic E-state index is 0.154. The summed E-state index contributed by atoms with van der Waals surface area (Å²) in [7, 11) is 0. The highest BCUT2D eigenvalue weighted by molar-refractivity contribution is 7.17. The van der Waals surface area contributed by atoms with Gasteiger partial charge in [-0.15, -0.1) is 11.3 Å². The van der Waals surface area contributed by atoms with Gasteiger partial charge in [-0.1, -0.05) is 42.5 Å². The highest BCUT2D eigenvalue weighted by Gasteiger charge is 2.21. The van der Waals surface area contributed by atoms with E-state index in [9.17, 15) is 9.59 Å². The van der Waals surface area contributed by atoms with Gasteiger partial charge in [0.25, 0.3) is 5.56 Å². The number of thiophene rings is 1. The minimum atomic E-state index is -0.781. The Balaban J connectivity index is 1.75. The largest absolute Gasteiger partial charge is 0.462 e. The average Bonchev–Trinajstić information content (AvgIpc) is 3.21. The first-order valence-corrected chi connectivity index (χ1v) is 10.7. The lowest BCUT2D eigenvalue weighted by molar-refractivity contribution is -0.148. The van der Waals surface area contributed by atoms with Gasteiger partial charge < -0.3 is 9.47 Å². The van der Waals surface area contributed by atoms with Crippen molar-refractivity contribution in [2.75, 3.05) is 19.8 Å². The summed E-state index contributed by atoms with van der Waals surface area (Å²) in [6.45, 7) is 4.56. The summed E-state index contributed by atoms with van der Waals surface area (Å²) in [4.78, 5) is 30.8. The molecule has 7 heteroatoms. The molecule has 1 atom stereocenters. The number of carbonyl (C=O) groups is 1. The fourth-order valence-electron chi connectivity index (χ4n) is 3.46. The van der Waals surface area contributed by atoms with E-state index in [2.05, 4.69) is 4.98 Å². The normalized spacial score (nSPS) is 12.3. The van der Waals surface area contributed by atoms with Crippen molar-refractivity contribution in [3.05, 3.63) is 64.5 Å². The summed E-state index contributed by atoms with van der Waals surface area (Å²) >= 11 is 1.42. The van der Waals surface area contributed by atoms with E-state index in [1.54, 1.807) is 6.92 Å². The predicted octanol–water partition coefficient (Wildman–Crippen LogP) is 4.42. The van der Waals surface area contributed by atoms with Crippen LogP contribution in [0.5, 0.6) is 0 Å². The van der Waals surface area contributed by atoms with Crippen LogP contribution in [0.3, 0.4) is 0 Å². The lowest BCUT2D eigenvalue weighted by atomic mass is 9.99. The Hall–Kier alpha value is -3.03. The van der Waals surface area contributed by atoms with Gasteiger partial charge in [-0.05, 0) is 30.2 Å². The number of nitrogens with zero attached hydrogens (tertiary/aromatic N) is 2. The molecule has 0 N–H and O–H groups in total. The fraction of sp³-hybridized carbons (Fsp3) is 0.261. The number of benzene rings is 2. The average molecular weight is 423 g/mol. The lowest BCUT2D eigenvalue weighted by Gasteiger charge is -2.14. The second-order valence-electron chi connectivity index (χ2n) is 6.85. The van der Waals surface area contributed by atoms with Crippen LogP contribution in [0.15, 0.2) is 59.0 Å². The van der Waals surface area contributed by atoms with Crippen molar-refractivity contribution in [1.29, 1.82) is 0 Å². The number of hydrogen-bond acceptors (Lipinski definition) is 6. The highest BCUT2D eigenvalue weighted by Crippen LogP contribution is 2.35. The lowest BCUT2D eigenvalue weighted by Crippen LogP contribution is -2.30. The third kappa shape index (κ3) is 3.74. The maximum Gasteiger partial charge on any atom is 0.329 e. The second-order valence-corrected chi connectivity index (χ2v) is 7.71. The number of rotatable bonds is 7. The molecule has 2 heterocycles. The van der Waals surface area contributed by atoms with Gasteiger partial charge in [0.15, 0.2) is 0 Å². The zero-order chi connectivity index (χ0) is 21.1. The van der Waals surface area contributed by atoms with Crippen molar-refractivity contribution in [3.63, 3.8) is 0 Å². The molecule has 154 valence electrons. The van der Waals surface area contributed by atoms with Gasteiger partial charge in [0.2, 0.25) is 0 Å². The van der Waals surface area contributed by atoms with E-state index in [0.717, 1.165) is 21.9 Å². The number of hydrogen-bond donors (Lipinski definition) is 0. The van der Waals surface area contributed by atoms with E-state index in [1.165, 1.54) is 22.2 Å². The molecule has 0 aliphatic rings. The Morgan fingerprint density at radius 3 is 2.77 bits per heavy atom. The summed E-state index contributed by atoms with van der Waals surface area (Å²) in [5, 5.41) is 4.64. The van der Waals surface area contributed by atoms with Crippen molar-refractivity contribution in [1.82, 2.24) is 9.55 Å². The second kappa shape index (κ2) is 8.77. The Kier molecular flexibility index (Phi) is 5.92. The molecule has 30 heavy (non-hydrogen) atoms. The van der Waals surface area contributed by atoms with Crippen LogP contribution in [-0.2, 0) is 14.3 Å². The molecule has 2 aromatic heterocycles. The van der Waals surface area contributed by atoms with Crippen molar-refractivity contribution in [3.8, 4) is 11.1 Å². The molecule has 4 aromatic rings. The topological polar surface area (TPSA) is 70.4 Å². The van der Waals surface area contributed by atoms with E-state index in [4.69, 9.17) is 9.47 Å². The third-order valence-corrected chi connectivity index (χ3v) is 5.92. The molecule has 0 bridgehead atoms. The van der Waals surface area contributed by atoms with Gasteiger partial charge in [0.1, 0.15) is 17.5 Å². The molecule has 0 saturated carbocycles. The van der Waals surface area contributed by atoms with Gasteiger partial charge in [-0.2, -0.15) is 0 Å². The number of esters is 1. The molecular weight excluding hydrogens is 400 g/mol. The molecule has 1 unspecified atom stereocenters. The van der Waals surface area contributed by atoms with E-state index in [0.29, 0.717) is 23.4 Å². The highest BCUT2D eigenvalue weighted by atomic mass is 32.1. The molecule has 0 spiro atoms. The molecular formula is C23H22N2O4S. The van der Waals surface area contributed by atoms with E-state index < -0.39 is 12.0 Å². The van der Waals surface area contributed by atoms with Crippen LogP contribution in [0.4, 0.5) is 0 Å². The Morgan fingerprint density at radius 1 is 1.13 bits per heavy atom. The molecule has 6 nitrogen and oxygen atoms in total. The van der Waals surface area contributed by atoms with Crippen molar-refractivity contribution in [2.24, 2.45) is 0 Å². The number of fused-ring (bicyclic) bond motifs is 2. The molecule has 0 fully saturated rings. The molecule has 0 aliphatic carbocycles. The predicted molar refractivity (Wildman–Crippen MR) is 119 cm³/mol. The summed E-state index contributed by atoms with van der Waals surface area (Å²) in [6, 6.07) is 13.3. The Bertz CT molecular complexity index is 1260. The van der Waals surface area contributed by atoms with Crippen LogP contribution in [-0.4, -0.2) is 35.3 Å². The van der Waals surface area contributed by atoms with Gasteiger partial charge in [-0.3, -0.25) is 9.36 Å². The Morgan fingerprint density at radius 2 is 1.93 bits per heavy atom. The van der Waals surface area contributed by atoms with Gasteiger partial charge >= 0.3 is 5.97 Å². The fourth-order valence-corrected chi connectivity index (χ4v) is 4.36. The quantitative estimate of drug-likeness (QED) is 0.326. The summed E-state index contributed by atoms with van der Waals surface area (Å²) in [6.07, 6.45) is 1.42. The monoisotopic (exact) mass is 422 g/mol. The number of ether oxygens (including phenoxy) is 2. The van der Waals surface area contributed by atoms with Gasteiger partial charge in [0, 0.05) is 17.6 Å². The van der Waals surface area contributed by atoms with Gasteiger partial charge in [-0.25, -0.2) is 9.78 Å². The third-order valence-electron chi connectivity index (χ3n) is 5.03. The molecule has 0 aliphatic heterocycles. The first kappa shape index (κ1) is 20.3. The molecule has 2 aromatic carbocycles. The van der Waals surface area contributed by atoms with Crippen LogP contribution in [0, 0.1) is 0 Å². The Labute approximate surface area is 177 Å². The van der Waals surface area contributed by atoms with Crippen molar-refractivity contribution in [2.45, 2.75) is 19.9 Å². The maximum atomic E-state index is 13.3. The minimum Gasteiger partial charge on any atom is -0.462 e. The molecule has 0 saturated heterocycles. The maximum absolute atomic E-state index is 13.3. The van der Waals surface area contributed by atoms with Crippen LogP contribution in [0.2, 0.25) is 0 Å².